The van der Waals surface area contributed by atoms with E-state index < -0.39 is 0 Å². The zero-order valence-electron chi connectivity index (χ0n) is 6.40. The number of aliphatic imine (C=N–C) groups is 1. The number of hydrogen-bond acceptors (Lipinski definition) is 5. The van der Waals surface area contributed by atoms with Gasteiger partial charge in [0.15, 0.2) is 0 Å². The number of hydrogen-bond donors (Lipinski definition) is 0. The third kappa shape index (κ3) is 2.24. The Bertz CT molecular complexity index is 268. The molecule has 0 saturated heterocycles. The summed E-state index contributed by atoms with van der Waals surface area (Å²) in [6.45, 7) is 0.990. The second-order valence-electron chi connectivity index (χ2n) is 2.26. The van der Waals surface area contributed by atoms with E-state index in [2.05, 4.69) is 15.4 Å². The van der Waals surface area contributed by atoms with E-state index in [0.29, 0.717) is 0 Å². The SMILES string of the molecule is c1nc(CSC2=NCCS2)cs1. The lowest BCUT2D eigenvalue weighted by molar-refractivity contribution is 1.18. The van der Waals surface area contributed by atoms with Gasteiger partial charge in [0.2, 0.25) is 0 Å². The molecule has 0 atom stereocenters. The van der Waals surface area contributed by atoms with E-state index in [4.69, 9.17) is 0 Å². The van der Waals surface area contributed by atoms with Crippen LogP contribution in [-0.2, 0) is 5.75 Å². The van der Waals surface area contributed by atoms with Gasteiger partial charge in [0.25, 0.3) is 0 Å². The van der Waals surface area contributed by atoms with E-state index in [1.807, 2.05) is 17.3 Å². The Kier molecular flexibility index (Phi) is 3.08. The number of nitrogens with zero attached hydrogens (tertiary/aromatic N) is 2. The number of thioether (sulfide) groups is 2. The Balaban J connectivity index is 1.82. The van der Waals surface area contributed by atoms with Gasteiger partial charge in [-0.2, -0.15) is 0 Å². The van der Waals surface area contributed by atoms with Crippen LogP contribution in [-0.4, -0.2) is 21.7 Å². The zero-order valence-corrected chi connectivity index (χ0v) is 8.84. The van der Waals surface area contributed by atoms with Crippen LogP contribution in [0, 0.1) is 0 Å². The standard InChI is InChI=1S/C7H8N2S3/c1-2-11-7(8-1)12-4-6-3-10-5-9-6/h3,5H,1-2,4H2. The predicted molar refractivity (Wildman–Crippen MR) is 58.2 cm³/mol. The highest BCUT2D eigenvalue weighted by Crippen LogP contribution is 2.24. The van der Waals surface area contributed by atoms with Crippen molar-refractivity contribution >= 4 is 39.2 Å². The van der Waals surface area contributed by atoms with Gasteiger partial charge < -0.3 is 0 Å². The summed E-state index contributed by atoms with van der Waals surface area (Å²) in [5, 5.41) is 2.09. The van der Waals surface area contributed by atoms with Gasteiger partial charge in [-0.25, -0.2) is 4.98 Å². The van der Waals surface area contributed by atoms with Gasteiger partial charge in [-0.05, 0) is 0 Å². The first-order chi connectivity index (χ1) is 5.95. The average Bonchev–Trinajstić information content (AvgIpc) is 2.74. The van der Waals surface area contributed by atoms with Crippen LogP contribution in [0.5, 0.6) is 0 Å². The molecule has 1 aromatic heterocycles. The molecule has 0 radical (unpaired) electrons. The van der Waals surface area contributed by atoms with Crippen LogP contribution in [0.3, 0.4) is 0 Å². The van der Waals surface area contributed by atoms with Gasteiger partial charge in [-0.3, -0.25) is 4.99 Å². The number of thiazole rings is 1. The van der Waals surface area contributed by atoms with Crippen LogP contribution >= 0.6 is 34.9 Å². The van der Waals surface area contributed by atoms with Crippen molar-refractivity contribution in [3.8, 4) is 0 Å². The molecule has 0 saturated carbocycles. The largest absolute Gasteiger partial charge is 0.271 e. The molecule has 5 heteroatoms. The summed E-state index contributed by atoms with van der Waals surface area (Å²) in [5.74, 6) is 2.12. The van der Waals surface area contributed by atoms with Gasteiger partial charge in [0, 0.05) is 16.9 Å². The minimum absolute atomic E-state index is 0.968. The molecule has 0 fully saturated rings. The maximum atomic E-state index is 4.35. The average molecular weight is 216 g/mol. The Hall–Kier alpha value is -0.0000000000000000833. The summed E-state index contributed by atoms with van der Waals surface area (Å²) in [6.07, 6.45) is 0. The van der Waals surface area contributed by atoms with Crippen LogP contribution in [0.2, 0.25) is 0 Å². The molecular formula is C7H8N2S3. The van der Waals surface area contributed by atoms with Gasteiger partial charge in [0.1, 0.15) is 4.38 Å². The highest BCUT2D eigenvalue weighted by molar-refractivity contribution is 8.38. The summed E-state index contributed by atoms with van der Waals surface area (Å²) in [6, 6.07) is 0. The molecule has 0 bridgehead atoms. The highest BCUT2D eigenvalue weighted by Gasteiger charge is 2.07. The maximum absolute atomic E-state index is 4.35. The molecule has 0 aliphatic carbocycles. The molecule has 2 heterocycles. The van der Waals surface area contributed by atoms with Crippen LogP contribution in [0.25, 0.3) is 0 Å². The summed E-state index contributed by atoms with van der Waals surface area (Å²) in [4.78, 5) is 8.56. The Morgan fingerprint density at radius 3 is 3.25 bits per heavy atom. The van der Waals surface area contributed by atoms with Crippen LogP contribution in [0.1, 0.15) is 5.69 Å². The van der Waals surface area contributed by atoms with Crippen molar-refractivity contribution in [3.63, 3.8) is 0 Å². The predicted octanol–water partition coefficient (Wildman–Crippen LogP) is 2.48. The fourth-order valence-corrected chi connectivity index (χ4v) is 3.42. The highest BCUT2D eigenvalue weighted by atomic mass is 32.2. The monoisotopic (exact) mass is 216 g/mol. The van der Waals surface area contributed by atoms with E-state index in [9.17, 15) is 0 Å². The van der Waals surface area contributed by atoms with E-state index in [-0.39, 0.29) is 0 Å². The molecule has 1 aromatic rings. The van der Waals surface area contributed by atoms with Crippen LogP contribution < -0.4 is 0 Å². The lowest BCUT2D eigenvalue weighted by Gasteiger charge is -1.95. The van der Waals surface area contributed by atoms with Gasteiger partial charge in [-0.15, -0.1) is 11.3 Å². The van der Waals surface area contributed by atoms with E-state index in [0.717, 1.165) is 18.1 Å². The smallest absolute Gasteiger partial charge is 0.125 e. The summed E-state index contributed by atoms with van der Waals surface area (Å²) >= 11 is 5.30. The molecule has 0 N–H and O–H groups in total. The molecule has 12 heavy (non-hydrogen) atoms. The molecule has 1 aliphatic rings. The quantitative estimate of drug-likeness (QED) is 0.759. The Morgan fingerprint density at radius 1 is 1.58 bits per heavy atom. The normalized spacial score (nSPS) is 16.5. The fourth-order valence-electron chi connectivity index (χ4n) is 0.847. The molecule has 0 unspecified atom stereocenters. The lowest BCUT2D eigenvalue weighted by Crippen LogP contribution is -1.83. The first kappa shape index (κ1) is 8.59. The minimum Gasteiger partial charge on any atom is -0.271 e. The lowest BCUT2D eigenvalue weighted by atomic mass is 10.6. The van der Waals surface area contributed by atoms with E-state index >= 15 is 0 Å². The zero-order chi connectivity index (χ0) is 8.23. The second-order valence-corrected chi connectivity index (χ2v) is 5.29. The number of aromatic nitrogens is 1. The summed E-state index contributed by atoms with van der Waals surface area (Å²) < 4.78 is 1.23. The molecule has 0 aromatic carbocycles. The molecular weight excluding hydrogens is 208 g/mol. The Morgan fingerprint density at radius 2 is 2.58 bits per heavy atom. The van der Waals surface area contributed by atoms with Gasteiger partial charge in [0.05, 0.1) is 17.7 Å². The van der Waals surface area contributed by atoms with Crippen molar-refractivity contribution < 1.29 is 0 Å². The van der Waals surface area contributed by atoms with E-state index in [1.54, 1.807) is 23.1 Å². The van der Waals surface area contributed by atoms with Gasteiger partial charge in [-0.1, -0.05) is 23.5 Å². The van der Waals surface area contributed by atoms with Crippen LogP contribution in [0.15, 0.2) is 15.9 Å². The van der Waals surface area contributed by atoms with Crippen molar-refractivity contribution in [1.82, 2.24) is 4.98 Å². The topological polar surface area (TPSA) is 25.2 Å². The summed E-state index contributed by atoms with van der Waals surface area (Å²) in [7, 11) is 0. The van der Waals surface area contributed by atoms with Crippen molar-refractivity contribution in [2.24, 2.45) is 4.99 Å². The van der Waals surface area contributed by atoms with Crippen molar-refractivity contribution in [1.29, 1.82) is 0 Å². The third-order valence-electron chi connectivity index (χ3n) is 1.38. The molecule has 0 spiro atoms. The van der Waals surface area contributed by atoms with Crippen molar-refractivity contribution in [3.05, 3.63) is 16.6 Å². The molecule has 1 aliphatic heterocycles. The van der Waals surface area contributed by atoms with E-state index in [1.165, 1.54) is 10.1 Å². The first-order valence-corrected chi connectivity index (χ1v) is 6.53. The second kappa shape index (κ2) is 4.30. The molecule has 64 valence electrons. The fraction of sp³-hybridized carbons (Fsp3) is 0.429. The van der Waals surface area contributed by atoms with Gasteiger partial charge >= 0.3 is 0 Å². The molecule has 0 amide bonds. The molecule has 2 nitrogen and oxygen atoms in total. The van der Waals surface area contributed by atoms with Crippen molar-refractivity contribution in [2.75, 3.05) is 12.3 Å². The number of rotatable bonds is 2. The summed E-state index contributed by atoms with van der Waals surface area (Å²) in [5.41, 5.74) is 3.04. The van der Waals surface area contributed by atoms with Crippen LogP contribution in [0.4, 0.5) is 0 Å². The first-order valence-electron chi connectivity index (χ1n) is 3.62. The molecule has 2 rings (SSSR count). The Labute approximate surface area is 83.9 Å². The van der Waals surface area contributed by atoms with Crippen molar-refractivity contribution in [2.45, 2.75) is 5.75 Å². The maximum Gasteiger partial charge on any atom is 0.125 e. The third-order valence-corrected chi connectivity index (χ3v) is 4.31. The minimum atomic E-state index is 0.968.